The Morgan fingerprint density at radius 3 is 2.59 bits per heavy atom. The zero-order valence-corrected chi connectivity index (χ0v) is 18.8. The summed E-state index contributed by atoms with van der Waals surface area (Å²) in [6, 6.07) is 12.4. The third kappa shape index (κ3) is 3.83. The molecule has 5 rings (SSSR count). The lowest BCUT2D eigenvalue weighted by atomic mass is 9.98. The molecule has 0 saturated carbocycles. The van der Waals surface area contributed by atoms with E-state index in [1.807, 2.05) is 31.2 Å². The van der Waals surface area contributed by atoms with Crippen LogP contribution in [0.25, 0.3) is 11.0 Å². The molecule has 0 bridgehead atoms. The van der Waals surface area contributed by atoms with Gasteiger partial charge in [-0.2, -0.15) is 0 Å². The Hall–Kier alpha value is -2.67. The highest BCUT2D eigenvalue weighted by Gasteiger charge is 2.42. The molecule has 3 aromatic rings. The van der Waals surface area contributed by atoms with Crippen molar-refractivity contribution in [2.75, 3.05) is 39.4 Å². The normalized spacial score (nSPS) is 19.0. The molecule has 1 atom stereocenters. The fourth-order valence-electron chi connectivity index (χ4n) is 4.77. The van der Waals surface area contributed by atoms with Crippen LogP contribution in [0.15, 0.2) is 51.7 Å². The lowest BCUT2D eigenvalue weighted by molar-refractivity contribution is -0.908. The van der Waals surface area contributed by atoms with Gasteiger partial charge in [-0.1, -0.05) is 35.4 Å². The van der Waals surface area contributed by atoms with Crippen LogP contribution in [0.3, 0.4) is 0 Å². The summed E-state index contributed by atoms with van der Waals surface area (Å²) in [5.41, 5.74) is 2.57. The van der Waals surface area contributed by atoms with Crippen molar-refractivity contribution in [3.8, 4) is 0 Å². The maximum atomic E-state index is 13.6. The van der Waals surface area contributed by atoms with Crippen LogP contribution >= 0.6 is 11.6 Å². The molecule has 2 aliphatic heterocycles. The van der Waals surface area contributed by atoms with Gasteiger partial charge in [-0.05, 0) is 36.8 Å². The molecule has 32 heavy (non-hydrogen) atoms. The van der Waals surface area contributed by atoms with Gasteiger partial charge in [0.25, 0.3) is 5.91 Å². The summed E-state index contributed by atoms with van der Waals surface area (Å²) in [4.78, 5) is 30.3. The minimum atomic E-state index is -0.476. The summed E-state index contributed by atoms with van der Waals surface area (Å²) in [7, 11) is 0. The number of quaternary nitrogens is 1. The molecule has 1 amide bonds. The Morgan fingerprint density at radius 1 is 1.09 bits per heavy atom. The minimum absolute atomic E-state index is 0.139. The van der Waals surface area contributed by atoms with Gasteiger partial charge in [-0.25, -0.2) is 0 Å². The molecule has 166 valence electrons. The summed E-state index contributed by atoms with van der Waals surface area (Å²) < 4.78 is 11.5. The number of nitrogens with one attached hydrogen (secondary N) is 1. The van der Waals surface area contributed by atoms with Crippen molar-refractivity contribution in [1.29, 1.82) is 0 Å². The molecule has 1 aromatic heterocycles. The monoisotopic (exact) mass is 453 g/mol. The van der Waals surface area contributed by atoms with Crippen LogP contribution in [0.2, 0.25) is 5.02 Å². The number of benzene rings is 2. The van der Waals surface area contributed by atoms with E-state index in [4.69, 9.17) is 20.8 Å². The number of halogens is 1. The number of aryl methyl sites for hydroxylation is 1. The van der Waals surface area contributed by atoms with Crippen molar-refractivity contribution in [2.24, 2.45) is 0 Å². The van der Waals surface area contributed by atoms with E-state index in [-0.39, 0.29) is 17.1 Å². The smallest absolute Gasteiger partial charge is 0.290 e. The maximum Gasteiger partial charge on any atom is 0.290 e. The van der Waals surface area contributed by atoms with Gasteiger partial charge in [0, 0.05) is 18.0 Å². The largest absolute Gasteiger partial charge is 0.450 e. The topological polar surface area (TPSA) is 64.2 Å². The first-order valence-electron chi connectivity index (χ1n) is 11.1. The van der Waals surface area contributed by atoms with E-state index < -0.39 is 6.04 Å². The Bertz CT molecular complexity index is 1220. The van der Waals surface area contributed by atoms with E-state index in [0.717, 1.165) is 50.4 Å². The second kappa shape index (κ2) is 8.70. The number of fused-ring (bicyclic) bond motifs is 2. The van der Waals surface area contributed by atoms with Crippen molar-refractivity contribution in [3.63, 3.8) is 0 Å². The fourth-order valence-corrected chi connectivity index (χ4v) is 4.89. The fraction of sp³-hybridized carbons (Fsp3) is 0.360. The zero-order valence-electron chi connectivity index (χ0n) is 18.0. The molecule has 1 saturated heterocycles. The second-order valence-corrected chi connectivity index (χ2v) is 9.03. The first-order valence-corrected chi connectivity index (χ1v) is 11.5. The highest BCUT2D eigenvalue weighted by molar-refractivity contribution is 6.30. The summed E-state index contributed by atoms with van der Waals surface area (Å²) >= 11 is 6.11. The predicted octanol–water partition coefficient (Wildman–Crippen LogP) is 2.61. The lowest BCUT2D eigenvalue weighted by Crippen LogP contribution is -3.14. The Morgan fingerprint density at radius 2 is 1.84 bits per heavy atom. The number of amides is 1. The Kier molecular flexibility index (Phi) is 5.76. The summed E-state index contributed by atoms with van der Waals surface area (Å²) in [5, 5.41) is 1.12. The van der Waals surface area contributed by atoms with Crippen molar-refractivity contribution < 1.29 is 18.8 Å². The number of nitrogens with zero attached hydrogens (tertiary/aromatic N) is 1. The summed E-state index contributed by atoms with van der Waals surface area (Å²) in [6.07, 6.45) is 0.839. The third-order valence-electron chi connectivity index (χ3n) is 6.44. The van der Waals surface area contributed by atoms with Gasteiger partial charge in [-0.3, -0.25) is 9.59 Å². The zero-order chi connectivity index (χ0) is 22.2. The lowest BCUT2D eigenvalue weighted by Gasteiger charge is -2.27. The van der Waals surface area contributed by atoms with Crippen LogP contribution < -0.4 is 10.3 Å². The molecule has 0 aliphatic carbocycles. The standard InChI is InChI=1S/C25H25ClN2O4/c1-16-3-8-20-19(15-16)23(29)21-22(17-4-6-18(26)7-5-17)28(25(30)24(21)32-20)10-2-9-27-11-13-31-14-12-27/h3-8,15,22H,2,9-14H2,1H3/p+1. The van der Waals surface area contributed by atoms with Gasteiger partial charge in [0.05, 0.1) is 36.8 Å². The van der Waals surface area contributed by atoms with Gasteiger partial charge >= 0.3 is 0 Å². The highest BCUT2D eigenvalue weighted by atomic mass is 35.5. The molecular formula is C25H26ClN2O4+. The average Bonchev–Trinajstić information content (AvgIpc) is 3.08. The van der Waals surface area contributed by atoms with Gasteiger partial charge in [0.2, 0.25) is 5.76 Å². The SMILES string of the molecule is Cc1ccc2oc3c(c(=O)c2c1)C(c1ccc(Cl)cc1)N(CCC[NH+]1CCOCC1)C3=O. The quantitative estimate of drug-likeness (QED) is 0.645. The van der Waals surface area contributed by atoms with Gasteiger partial charge in [0.15, 0.2) is 5.43 Å². The summed E-state index contributed by atoms with van der Waals surface area (Å²) in [5.74, 6) is -0.0680. The van der Waals surface area contributed by atoms with E-state index in [0.29, 0.717) is 28.1 Å². The van der Waals surface area contributed by atoms with E-state index in [9.17, 15) is 9.59 Å². The Labute approximate surface area is 191 Å². The van der Waals surface area contributed by atoms with Crippen LogP contribution in [-0.4, -0.2) is 50.2 Å². The molecule has 3 heterocycles. The summed E-state index contributed by atoms with van der Waals surface area (Å²) in [6.45, 7) is 6.98. The van der Waals surface area contributed by atoms with Crippen molar-refractivity contribution >= 4 is 28.5 Å². The molecule has 2 aromatic carbocycles. The molecule has 0 spiro atoms. The van der Waals surface area contributed by atoms with Crippen molar-refractivity contribution in [2.45, 2.75) is 19.4 Å². The number of hydrogen-bond donors (Lipinski definition) is 1. The molecule has 6 nitrogen and oxygen atoms in total. The molecule has 1 fully saturated rings. The Balaban J connectivity index is 1.53. The van der Waals surface area contributed by atoms with Gasteiger partial charge in [0.1, 0.15) is 18.7 Å². The first-order chi connectivity index (χ1) is 15.5. The number of rotatable bonds is 5. The molecule has 0 radical (unpaired) electrons. The highest BCUT2D eigenvalue weighted by Crippen LogP contribution is 2.38. The third-order valence-corrected chi connectivity index (χ3v) is 6.69. The van der Waals surface area contributed by atoms with Gasteiger partial charge in [-0.15, -0.1) is 0 Å². The number of ether oxygens (including phenoxy) is 1. The number of morpholine rings is 1. The second-order valence-electron chi connectivity index (χ2n) is 8.59. The van der Waals surface area contributed by atoms with Gasteiger partial charge < -0.3 is 19.0 Å². The molecule has 2 aliphatic rings. The number of carbonyl (C=O) groups is 1. The number of carbonyl (C=O) groups excluding carboxylic acids is 1. The van der Waals surface area contributed by atoms with Crippen LogP contribution in [-0.2, 0) is 4.74 Å². The number of hydrogen-bond acceptors (Lipinski definition) is 4. The van der Waals surface area contributed by atoms with Crippen LogP contribution in [0, 0.1) is 6.92 Å². The molecule has 7 heteroatoms. The van der Waals surface area contributed by atoms with Crippen LogP contribution in [0.4, 0.5) is 0 Å². The van der Waals surface area contributed by atoms with E-state index >= 15 is 0 Å². The average molecular weight is 454 g/mol. The van der Waals surface area contributed by atoms with E-state index in [1.54, 1.807) is 23.1 Å². The molecule has 1 N–H and O–H groups in total. The van der Waals surface area contributed by atoms with E-state index in [1.165, 1.54) is 4.90 Å². The van der Waals surface area contributed by atoms with Crippen LogP contribution in [0.1, 0.15) is 39.7 Å². The van der Waals surface area contributed by atoms with Crippen molar-refractivity contribution in [1.82, 2.24) is 4.90 Å². The minimum Gasteiger partial charge on any atom is -0.450 e. The first kappa shape index (κ1) is 21.2. The van der Waals surface area contributed by atoms with E-state index in [2.05, 4.69) is 0 Å². The maximum absolute atomic E-state index is 13.6. The van der Waals surface area contributed by atoms with Crippen LogP contribution in [0.5, 0.6) is 0 Å². The molecular weight excluding hydrogens is 428 g/mol. The van der Waals surface area contributed by atoms with Crippen molar-refractivity contribution in [3.05, 3.63) is 80.2 Å². The molecule has 1 unspecified atom stereocenters. The predicted molar refractivity (Wildman–Crippen MR) is 123 cm³/mol.